The first kappa shape index (κ1) is 16.7. The van der Waals surface area contributed by atoms with Crippen molar-refractivity contribution in [2.24, 2.45) is 0 Å². The van der Waals surface area contributed by atoms with E-state index in [0.29, 0.717) is 6.61 Å². The molecule has 0 saturated carbocycles. The third-order valence-corrected chi connectivity index (χ3v) is 4.42. The number of nitrogens with two attached hydrogens (primary N) is 1. The molecule has 0 aliphatic carbocycles. The average Bonchev–Trinajstić information content (AvgIpc) is 2.91. The number of nitrogens with zero attached hydrogens (tertiary/aromatic N) is 1. The van der Waals surface area contributed by atoms with Crippen molar-refractivity contribution in [3.05, 3.63) is 42.5 Å². The summed E-state index contributed by atoms with van der Waals surface area (Å²) in [5.41, 5.74) is 10.5. The predicted molar refractivity (Wildman–Crippen MR) is 103 cm³/mol. The summed E-state index contributed by atoms with van der Waals surface area (Å²) in [4.78, 5) is 0. The standard InChI is InChI=1S/C19H21BrN2O2/c1-3-22-17-12-15(23-2)8-9-16(17)18(21)19(22)13-4-6-14(7-5-13)24-11-10-20/h4-9,12H,3,10-11,21H2,1-2H3. The van der Waals surface area contributed by atoms with Gasteiger partial charge in [0.05, 0.1) is 30.6 Å². The Morgan fingerprint density at radius 2 is 1.79 bits per heavy atom. The molecule has 0 saturated heterocycles. The van der Waals surface area contributed by atoms with Crippen molar-refractivity contribution in [1.29, 1.82) is 0 Å². The Balaban J connectivity index is 2.09. The van der Waals surface area contributed by atoms with Crippen molar-refractivity contribution in [2.75, 3.05) is 24.8 Å². The van der Waals surface area contributed by atoms with Gasteiger partial charge in [-0.1, -0.05) is 15.9 Å². The lowest BCUT2D eigenvalue weighted by Gasteiger charge is -2.10. The first-order chi connectivity index (χ1) is 11.7. The Morgan fingerprint density at radius 3 is 2.42 bits per heavy atom. The maximum absolute atomic E-state index is 6.46. The fourth-order valence-electron chi connectivity index (χ4n) is 2.99. The first-order valence-corrected chi connectivity index (χ1v) is 9.06. The quantitative estimate of drug-likeness (QED) is 0.622. The lowest BCUT2D eigenvalue weighted by molar-refractivity contribution is 0.345. The second-order valence-electron chi connectivity index (χ2n) is 5.45. The van der Waals surface area contributed by atoms with Crippen LogP contribution in [0.2, 0.25) is 0 Å². The van der Waals surface area contributed by atoms with Gasteiger partial charge < -0.3 is 19.8 Å². The Labute approximate surface area is 150 Å². The topological polar surface area (TPSA) is 49.4 Å². The average molecular weight is 389 g/mol. The van der Waals surface area contributed by atoms with Crippen LogP contribution in [0, 0.1) is 0 Å². The molecular weight excluding hydrogens is 368 g/mol. The fourth-order valence-corrected chi connectivity index (χ4v) is 3.15. The molecule has 1 heterocycles. The van der Waals surface area contributed by atoms with Gasteiger partial charge in [0.2, 0.25) is 0 Å². The normalized spacial score (nSPS) is 11.0. The van der Waals surface area contributed by atoms with Crippen LogP contribution < -0.4 is 15.2 Å². The van der Waals surface area contributed by atoms with Crippen LogP contribution in [0.4, 0.5) is 5.69 Å². The fraction of sp³-hybridized carbons (Fsp3) is 0.263. The minimum atomic E-state index is 0.649. The van der Waals surface area contributed by atoms with Gasteiger partial charge in [-0.3, -0.25) is 0 Å². The molecule has 0 amide bonds. The number of alkyl halides is 1. The molecule has 0 fully saturated rings. The van der Waals surface area contributed by atoms with Crippen LogP contribution in [-0.2, 0) is 6.54 Å². The number of methoxy groups -OCH3 is 1. The van der Waals surface area contributed by atoms with Gasteiger partial charge in [0.15, 0.2) is 0 Å². The minimum Gasteiger partial charge on any atom is -0.497 e. The van der Waals surface area contributed by atoms with Crippen LogP contribution in [-0.4, -0.2) is 23.6 Å². The van der Waals surface area contributed by atoms with E-state index in [4.69, 9.17) is 15.2 Å². The summed E-state index contributed by atoms with van der Waals surface area (Å²) in [6.45, 7) is 3.60. The molecule has 0 aliphatic rings. The van der Waals surface area contributed by atoms with Crippen LogP contribution in [0.3, 0.4) is 0 Å². The highest BCUT2D eigenvalue weighted by atomic mass is 79.9. The number of halogens is 1. The van der Waals surface area contributed by atoms with Gasteiger partial charge in [-0.15, -0.1) is 0 Å². The molecule has 24 heavy (non-hydrogen) atoms. The first-order valence-electron chi connectivity index (χ1n) is 7.94. The summed E-state index contributed by atoms with van der Waals surface area (Å²) in [5.74, 6) is 1.69. The minimum absolute atomic E-state index is 0.649. The summed E-state index contributed by atoms with van der Waals surface area (Å²) in [7, 11) is 1.68. The lowest BCUT2D eigenvalue weighted by atomic mass is 10.1. The molecule has 126 valence electrons. The van der Waals surface area contributed by atoms with E-state index in [2.05, 4.69) is 39.6 Å². The van der Waals surface area contributed by atoms with Crippen molar-refractivity contribution in [3.63, 3.8) is 0 Å². The molecular formula is C19H21BrN2O2. The Morgan fingerprint density at radius 1 is 1.08 bits per heavy atom. The van der Waals surface area contributed by atoms with Crippen molar-refractivity contribution >= 4 is 32.5 Å². The van der Waals surface area contributed by atoms with Crippen LogP contribution in [0.5, 0.6) is 11.5 Å². The molecule has 0 bridgehead atoms. The number of benzene rings is 2. The summed E-state index contributed by atoms with van der Waals surface area (Å²) in [5, 5.41) is 1.86. The van der Waals surface area contributed by atoms with E-state index < -0.39 is 0 Å². The SMILES string of the molecule is CCn1c(-c2ccc(OCCBr)cc2)c(N)c2ccc(OC)cc21. The van der Waals surface area contributed by atoms with Gasteiger partial charge in [0.1, 0.15) is 11.5 Å². The molecule has 0 spiro atoms. The second-order valence-corrected chi connectivity index (χ2v) is 6.24. The largest absolute Gasteiger partial charge is 0.497 e. The zero-order chi connectivity index (χ0) is 17.1. The number of hydrogen-bond acceptors (Lipinski definition) is 3. The van der Waals surface area contributed by atoms with E-state index in [0.717, 1.165) is 51.2 Å². The van der Waals surface area contributed by atoms with Crippen molar-refractivity contribution in [2.45, 2.75) is 13.5 Å². The highest BCUT2D eigenvalue weighted by molar-refractivity contribution is 9.09. The van der Waals surface area contributed by atoms with E-state index in [1.165, 1.54) is 0 Å². The Hall–Kier alpha value is -2.14. The van der Waals surface area contributed by atoms with Crippen molar-refractivity contribution in [1.82, 2.24) is 4.57 Å². The number of ether oxygens (including phenoxy) is 2. The third-order valence-electron chi connectivity index (χ3n) is 4.10. The van der Waals surface area contributed by atoms with Gasteiger partial charge in [0, 0.05) is 28.9 Å². The van der Waals surface area contributed by atoms with Crippen LogP contribution in [0.25, 0.3) is 22.2 Å². The van der Waals surface area contributed by atoms with Crippen LogP contribution in [0.1, 0.15) is 6.92 Å². The maximum atomic E-state index is 6.46. The number of anilines is 1. The van der Waals surface area contributed by atoms with E-state index in [1.54, 1.807) is 7.11 Å². The molecule has 0 aliphatic heterocycles. The Kier molecular flexibility index (Phi) is 5.00. The highest BCUT2D eigenvalue weighted by Crippen LogP contribution is 2.38. The molecule has 0 unspecified atom stereocenters. The predicted octanol–water partition coefficient (Wildman–Crippen LogP) is 4.69. The third kappa shape index (κ3) is 2.96. The van der Waals surface area contributed by atoms with Crippen molar-refractivity contribution < 1.29 is 9.47 Å². The number of nitrogen functional groups attached to an aromatic ring is 1. The Bertz CT molecular complexity index is 841. The molecule has 1 aromatic heterocycles. The molecule has 3 aromatic rings. The molecule has 2 N–H and O–H groups in total. The number of rotatable bonds is 6. The van der Waals surface area contributed by atoms with E-state index in [9.17, 15) is 0 Å². The summed E-state index contributed by atoms with van der Waals surface area (Å²) >= 11 is 3.36. The number of aromatic nitrogens is 1. The zero-order valence-electron chi connectivity index (χ0n) is 13.9. The summed E-state index contributed by atoms with van der Waals surface area (Å²) in [6, 6.07) is 14.1. The van der Waals surface area contributed by atoms with Gasteiger partial charge in [-0.25, -0.2) is 0 Å². The number of aryl methyl sites for hydroxylation is 1. The van der Waals surface area contributed by atoms with Crippen LogP contribution >= 0.6 is 15.9 Å². The van der Waals surface area contributed by atoms with Gasteiger partial charge in [-0.2, -0.15) is 0 Å². The summed E-state index contributed by atoms with van der Waals surface area (Å²) < 4.78 is 13.2. The van der Waals surface area contributed by atoms with E-state index in [-0.39, 0.29) is 0 Å². The molecule has 0 atom stereocenters. The second kappa shape index (κ2) is 7.18. The monoisotopic (exact) mass is 388 g/mol. The van der Waals surface area contributed by atoms with E-state index >= 15 is 0 Å². The molecule has 0 radical (unpaired) electrons. The molecule has 5 heteroatoms. The molecule has 3 rings (SSSR count). The maximum Gasteiger partial charge on any atom is 0.120 e. The van der Waals surface area contributed by atoms with Crippen molar-refractivity contribution in [3.8, 4) is 22.8 Å². The van der Waals surface area contributed by atoms with E-state index in [1.807, 2.05) is 30.3 Å². The van der Waals surface area contributed by atoms with Gasteiger partial charge in [-0.05, 0) is 43.3 Å². The number of hydrogen-bond donors (Lipinski definition) is 1. The highest BCUT2D eigenvalue weighted by Gasteiger charge is 2.16. The van der Waals surface area contributed by atoms with Gasteiger partial charge in [0.25, 0.3) is 0 Å². The molecule has 4 nitrogen and oxygen atoms in total. The van der Waals surface area contributed by atoms with Crippen LogP contribution in [0.15, 0.2) is 42.5 Å². The smallest absolute Gasteiger partial charge is 0.120 e. The zero-order valence-corrected chi connectivity index (χ0v) is 15.5. The number of fused-ring (bicyclic) bond motifs is 1. The lowest BCUT2D eigenvalue weighted by Crippen LogP contribution is -2.00. The summed E-state index contributed by atoms with van der Waals surface area (Å²) in [6.07, 6.45) is 0. The van der Waals surface area contributed by atoms with Gasteiger partial charge >= 0.3 is 0 Å². The molecule has 2 aromatic carbocycles.